The molecular weight excluding hydrogens is 363 g/mol. The molecule has 0 saturated carbocycles. The Hall–Kier alpha value is -1.07. The topological polar surface area (TPSA) is 32.3 Å². The molecule has 1 unspecified atom stereocenters. The molecule has 1 aliphatic heterocycles. The Bertz CT molecular complexity index is 730. The van der Waals surface area contributed by atoms with E-state index in [0.717, 1.165) is 41.4 Å². The maximum atomic E-state index is 12.8. The molecule has 1 amide bonds. The number of likely N-dealkylation sites (tertiary alicyclic amines) is 1. The average molecular weight is 383 g/mol. The third-order valence-corrected chi connectivity index (χ3v) is 6.18. The van der Waals surface area contributed by atoms with Crippen molar-refractivity contribution in [1.29, 1.82) is 0 Å². The van der Waals surface area contributed by atoms with Crippen LogP contribution in [0.2, 0.25) is 10.0 Å². The number of carbonyl (C=O) groups is 1. The molecule has 6 heteroatoms. The van der Waals surface area contributed by atoms with Gasteiger partial charge in [0.1, 0.15) is 0 Å². The molecule has 24 heavy (non-hydrogen) atoms. The van der Waals surface area contributed by atoms with Crippen molar-refractivity contribution in [1.82, 2.24) is 10.2 Å². The maximum Gasteiger partial charge on any atom is 0.263 e. The Balaban J connectivity index is 1.74. The molecule has 0 bridgehead atoms. The van der Waals surface area contributed by atoms with Crippen LogP contribution in [-0.4, -0.2) is 37.5 Å². The summed E-state index contributed by atoms with van der Waals surface area (Å²) in [7, 11) is 1.96. The molecule has 1 N–H and O–H groups in total. The summed E-state index contributed by atoms with van der Waals surface area (Å²) in [5, 5.41) is 4.28. The van der Waals surface area contributed by atoms with Crippen LogP contribution in [0, 0.1) is 5.92 Å². The van der Waals surface area contributed by atoms with E-state index in [1.54, 1.807) is 6.07 Å². The lowest BCUT2D eigenvalue weighted by Gasteiger charge is -2.32. The van der Waals surface area contributed by atoms with Crippen LogP contribution in [0.25, 0.3) is 10.4 Å². The van der Waals surface area contributed by atoms with Crippen LogP contribution in [0.5, 0.6) is 0 Å². The molecular formula is C18H20Cl2N2OS. The predicted molar refractivity (Wildman–Crippen MR) is 102 cm³/mol. The van der Waals surface area contributed by atoms with Crippen molar-refractivity contribution < 1.29 is 4.79 Å². The molecule has 0 aliphatic carbocycles. The van der Waals surface area contributed by atoms with Crippen molar-refractivity contribution in [2.45, 2.75) is 12.8 Å². The molecule has 2 heterocycles. The molecule has 1 aromatic heterocycles. The maximum absolute atomic E-state index is 12.8. The zero-order chi connectivity index (χ0) is 17.1. The quantitative estimate of drug-likeness (QED) is 0.823. The van der Waals surface area contributed by atoms with Crippen LogP contribution in [-0.2, 0) is 0 Å². The lowest BCUT2D eigenvalue weighted by Crippen LogP contribution is -2.42. The zero-order valence-corrected chi connectivity index (χ0v) is 15.8. The van der Waals surface area contributed by atoms with Crippen molar-refractivity contribution in [2.75, 3.05) is 26.7 Å². The first-order valence-corrected chi connectivity index (χ1v) is 9.65. The number of piperidine rings is 1. The highest BCUT2D eigenvalue weighted by Gasteiger charge is 2.25. The van der Waals surface area contributed by atoms with E-state index in [1.807, 2.05) is 36.2 Å². The van der Waals surface area contributed by atoms with E-state index in [9.17, 15) is 4.79 Å². The molecule has 1 saturated heterocycles. The number of nitrogens with zero attached hydrogens (tertiary/aromatic N) is 1. The molecule has 3 nitrogen and oxygen atoms in total. The van der Waals surface area contributed by atoms with E-state index in [0.29, 0.717) is 16.0 Å². The summed E-state index contributed by atoms with van der Waals surface area (Å²) in [5.74, 6) is 0.675. The Morgan fingerprint density at radius 1 is 1.29 bits per heavy atom. The first-order chi connectivity index (χ1) is 11.6. The number of thiophene rings is 1. The highest BCUT2D eigenvalue weighted by Crippen LogP contribution is 2.33. The molecule has 0 radical (unpaired) electrons. The lowest BCUT2D eigenvalue weighted by molar-refractivity contribution is 0.0679. The van der Waals surface area contributed by atoms with E-state index < -0.39 is 0 Å². The van der Waals surface area contributed by atoms with Gasteiger partial charge in [-0.05, 0) is 62.2 Å². The Kier molecular flexibility index (Phi) is 5.82. The Morgan fingerprint density at radius 3 is 2.88 bits per heavy atom. The monoisotopic (exact) mass is 382 g/mol. The first kappa shape index (κ1) is 17.7. The van der Waals surface area contributed by atoms with Gasteiger partial charge in [0.15, 0.2) is 0 Å². The van der Waals surface area contributed by atoms with Crippen LogP contribution in [0.1, 0.15) is 22.5 Å². The molecule has 1 atom stereocenters. The summed E-state index contributed by atoms with van der Waals surface area (Å²) in [6.45, 7) is 2.64. The summed E-state index contributed by atoms with van der Waals surface area (Å²) in [5.41, 5.74) is 0.986. The third kappa shape index (κ3) is 3.94. The SMILES string of the molecule is CNCC1CCCN(C(=O)c2ccc(-c3ccc(Cl)c(Cl)c3)s2)C1. The average Bonchev–Trinajstić information content (AvgIpc) is 3.07. The van der Waals surface area contributed by atoms with E-state index in [4.69, 9.17) is 23.2 Å². The van der Waals surface area contributed by atoms with Crippen LogP contribution >= 0.6 is 34.5 Å². The minimum Gasteiger partial charge on any atom is -0.338 e. The highest BCUT2D eigenvalue weighted by atomic mass is 35.5. The van der Waals surface area contributed by atoms with E-state index in [1.165, 1.54) is 17.8 Å². The molecule has 1 fully saturated rings. The second-order valence-corrected chi connectivity index (χ2v) is 8.01. The molecule has 3 rings (SSSR count). The highest BCUT2D eigenvalue weighted by molar-refractivity contribution is 7.17. The van der Waals surface area contributed by atoms with Gasteiger partial charge in [0.2, 0.25) is 0 Å². The number of hydrogen-bond acceptors (Lipinski definition) is 3. The number of halogens is 2. The number of carbonyl (C=O) groups excluding carboxylic acids is 1. The Labute approximate surface area is 156 Å². The van der Waals surface area contributed by atoms with Crippen LogP contribution in [0.15, 0.2) is 30.3 Å². The van der Waals surface area contributed by atoms with Gasteiger partial charge < -0.3 is 10.2 Å². The van der Waals surface area contributed by atoms with Gasteiger partial charge in [-0.1, -0.05) is 29.3 Å². The standard InChI is InChI=1S/C18H20Cl2N2OS/c1-21-10-12-3-2-8-22(11-12)18(23)17-7-6-16(24-17)13-4-5-14(19)15(20)9-13/h4-7,9,12,21H,2-3,8,10-11H2,1H3. The van der Waals surface area contributed by atoms with Gasteiger partial charge >= 0.3 is 0 Å². The molecule has 1 aromatic carbocycles. The zero-order valence-electron chi connectivity index (χ0n) is 13.5. The van der Waals surface area contributed by atoms with Crippen LogP contribution in [0.4, 0.5) is 0 Å². The van der Waals surface area contributed by atoms with Crippen LogP contribution in [0.3, 0.4) is 0 Å². The van der Waals surface area contributed by atoms with Crippen molar-refractivity contribution in [3.8, 4) is 10.4 Å². The Morgan fingerprint density at radius 2 is 2.12 bits per heavy atom. The third-order valence-electron chi connectivity index (χ3n) is 4.32. The van der Waals surface area contributed by atoms with Gasteiger partial charge in [0.25, 0.3) is 5.91 Å². The van der Waals surface area contributed by atoms with Crippen molar-refractivity contribution in [3.05, 3.63) is 45.3 Å². The van der Waals surface area contributed by atoms with E-state index in [-0.39, 0.29) is 5.91 Å². The van der Waals surface area contributed by atoms with Crippen molar-refractivity contribution in [2.24, 2.45) is 5.92 Å². The number of hydrogen-bond donors (Lipinski definition) is 1. The lowest BCUT2D eigenvalue weighted by atomic mass is 9.98. The molecule has 128 valence electrons. The number of rotatable bonds is 4. The second kappa shape index (κ2) is 7.87. The van der Waals surface area contributed by atoms with Crippen molar-refractivity contribution >= 4 is 40.4 Å². The fraction of sp³-hybridized carbons (Fsp3) is 0.389. The smallest absolute Gasteiger partial charge is 0.263 e. The van der Waals surface area contributed by atoms with E-state index >= 15 is 0 Å². The minimum atomic E-state index is 0.132. The van der Waals surface area contributed by atoms with Gasteiger partial charge in [-0.25, -0.2) is 0 Å². The number of nitrogens with one attached hydrogen (secondary N) is 1. The van der Waals surface area contributed by atoms with E-state index in [2.05, 4.69) is 5.32 Å². The molecule has 1 aliphatic rings. The summed E-state index contributed by atoms with van der Waals surface area (Å²) in [6, 6.07) is 9.44. The second-order valence-electron chi connectivity index (χ2n) is 6.11. The fourth-order valence-corrected chi connectivity index (χ4v) is 4.39. The number of benzene rings is 1. The minimum absolute atomic E-state index is 0.132. The fourth-order valence-electron chi connectivity index (χ4n) is 3.12. The van der Waals surface area contributed by atoms with Crippen molar-refractivity contribution in [3.63, 3.8) is 0 Å². The summed E-state index contributed by atoms with van der Waals surface area (Å²) < 4.78 is 0. The van der Waals surface area contributed by atoms with Crippen LogP contribution < -0.4 is 5.32 Å². The van der Waals surface area contributed by atoms with Gasteiger partial charge in [0, 0.05) is 18.0 Å². The number of amides is 1. The summed E-state index contributed by atoms with van der Waals surface area (Å²) >= 11 is 13.6. The molecule has 0 spiro atoms. The summed E-state index contributed by atoms with van der Waals surface area (Å²) in [6.07, 6.45) is 2.26. The van der Waals surface area contributed by atoms with Gasteiger partial charge in [-0.3, -0.25) is 4.79 Å². The predicted octanol–water partition coefficient (Wildman–Crippen LogP) is 4.79. The largest absolute Gasteiger partial charge is 0.338 e. The van der Waals surface area contributed by atoms with Gasteiger partial charge in [-0.15, -0.1) is 11.3 Å². The van der Waals surface area contributed by atoms with Gasteiger partial charge in [0.05, 0.1) is 14.9 Å². The molecule has 2 aromatic rings. The normalized spacial score (nSPS) is 18.0. The van der Waals surface area contributed by atoms with Gasteiger partial charge in [-0.2, -0.15) is 0 Å². The summed E-state index contributed by atoms with van der Waals surface area (Å²) in [4.78, 5) is 16.6. The first-order valence-electron chi connectivity index (χ1n) is 8.07.